The van der Waals surface area contributed by atoms with Gasteiger partial charge in [0.1, 0.15) is 0 Å². The number of hydrogen-bond donors (Lipinski definition) is 2. The first-order chi connectivity index (χ1) is 8.06. The standard InChI is InChI=1S/C12H14F2N2O/c13-10-2-1-7(3-11(10)14)6-16-12(17)8-4-9(15)5-8/h1-3,8-9H,4-6,15H2,(H,16,17). The first kappa shape index (κ1) is 12.0. The fourth-order valence-electron chi connectivity index (χ4n) is 1.86. The molecular formula is C12H14F2N2O. The van der Waals surface area contributed by atoms with E-state index in [-0.39, 0.29) is 24.4 Å². The molecule has 0 aliphatic heterocycles. The third-order valence-electron chi connectivity index (χ3n) is 3.00. The van der Waals surface area contributed by atoms with E-state index in [1.54, 1.807) is 0 Å². The Morgan fingerprint density at radius 2 is 2.06 bits per heavy atom. The number of hydrogen-bond acceptors (Lipinski definition) is 2. The van der Waals surface area contributed by atoms with E-state index in [0.29, 0.717) is 18.4 Å². The van der Waals surface area contributed by atoms with Crippen molar-refractivity contribution < 1.29 is 13.6 Å². The molecule has 0 saturated heterocycles. The van der Waals surface area contributed by atoms with Gasteiger partial charge in [-0.3, -0.25) is 4.79 Å². The molecular weight excluding hydrogens is 226 g/mol. The van der Waals surface area contributed by atoms with Crippen molar-refractivity contribution in [1.29, 1.82) is 0 Å². The van der Waals surface area contributed by atoms with E-state index < -0.39 is 11.6 Å². The first-order valence-corrected chi connectivity index (χ1v) is 5.53. The van der Waals surface area contributed by atoms with Gasteiger partial charge in [0, 0.05) is 18.5 Å². The van der Waals surface area contributed by atoms with Crippen molar-refractivity contribution in [2.24, 2.45) is 11.7 Å². The molecule has 1 amide bonds. The van der Waals surface area contributed by atoms with Gasteiger partial charge in [0.05, 0.1) is 0 Å². The Morgan fingerprint density at radius 1 is 1.35 bits per heavy atom. The Morgan fingerprint density at radius 3 is 2.65 bits per heavy atom. The lowest BCUT2D eigenvalue weighted by Gasteiger charge is -2.31. The van der Waals surface area contributed by atoms with Crippen LogP contribution in [0.15, 0.2) is 18.2 Å². The maximum absolute atomic E-state index is 12.9. The highest BCUT2D eigenvalue weighted by Crippen LogP contribution is 2.25. The van der Waals surface area contributed by atoms with Crippen molar-refractivity contribution in [3.63, 3.8) is 0 Å². The summed E-state index contributed by atoms with van der Waals surface area (Å²) in [6, 6.07) is 3.71. The van der Waals surface area contributed by atoms with Gasteiger partial charge in [0.15, 0.2) is 11.6 Å². The molecule has 17 heavy (non-hydrogen) atoms. The highest BCUT2D eigenvalue weighted by molar-refractivity contribution is 5.79. The Bertz CT molecular complexity index is 431. The molecule has 1 fully saturated rings. The van der Waals surface area contributed by atoms with Gasteiger partial charge in [-0.1, -0.05) is 6.07 Å². The minimum atomic E-state index is -0.901. The van der Waals surface area contributed by atoms with Crippen LogP contribution in [-0.4, -0.2) is 11.9 Å². The quantitative estimate of drug-likeness (QED) is 0.837. The number of rotatable bonds is 3. The van der Waals surface area contributed by atoms with Gasteiger partial charge in [-0.25, -0.2) is 8.78 Å². The van der Waals surface area contributed by atoms with Crippen molar-refractivity contribution in [3.8, 4) is 0 Å². The Hall–Kier alpha value is -1.49. The van der Waals surface area contributed by atoms with Crippen LogP contribution in [0.4, 0.5) is 8.78 Å². The monoisotopic (exact) mass is 240 g/mol. The second-order valence-corrected chi connectivity index (χ2v) is 4.39. The van der Waals surface area contributed by atoms with Crippen LogP contribution in [-0.2, 0) is 11.3 Å². The summed E-state index contributed by atoms with van der Waals surface area (Å²) in [7, 11) is 0. The van der Waals surface area contributed by atoms with Crippen LogP contribution in [0.1, 0.15) is 18.4 Å². The topological polar surface area (TPSA) is 55.1 Å². The van der Waals surface area contributed by atoms with Crippen LogP contribution >= 0.6 is 0 Å². The van der Waals surface area contributed by atoms with Gasteiger partial charge in [0.2, 0.25) is 5.91 Å². The molecule has 1 aromatic rings. The van der Waals surface area contributed by atoms with E-state index in [9.17, 15) is 13.6 Å². The predicted octanol–water partition coefficient (Wildman–Crippen LogP) is 1.32. The summed E-state index contributed by atoms with van der Waals surface area (Å²) in [6.45, 7) is 0.210. The van der Waals surface area contributed by atoms with Gasteiger partial charge in [0.25, 0.3) is 0 Å². The van der Waals surface area contributed by atoms with Crippen LogP contribution in [0.2, 0.25) is 0 Å². The summed E-state index contributed by atoms with van der Waals surface area (Å²) >= 11 is 0. The van der Waals surface area contributed by atoms with Gasteiger partial charge in [-0.2, -0.15) is 0 Å². The second kappa shape index (κ2) is 4.79. The lowest BCUT2D eigenvalue weighted by atomic mass is 9.80. The molecule has 0 unspecified atom stereocenters. The van der Waals surface area contributed by atoms with Crippen molar-refractivity contribution >= 4 is 5.91 Å². The molecule has 2 rings (SSSR count). The lowest BCUT2D eigenvalue weighted by molar-refractivity contribution is -0.128. The Balaban J connectivity index is 1.85. The molecule has 0 bridgehead atoms. The normalized spacial score (nSPS) is 23.0. The van der Waals surface area contributed by atoms with Crippen LogP contribution in [0.25, 0.3) is 0 Å². The minimum Gasteiger partial charge on any atom is -0.352 e. The second-order valence-electron chi connectivity index (χ2n) is 4.39. The Labute approximate surface area is 98.0 Å². The zero-order valence-corrected chi connectivity index (χ0v) is 9.25. The fraction of sp³-hybridized carbons (Fsp3) is 0.417. The summed E-state index contributed by atoms with van der Waals surface area (Å²) < 4.78 is 25.5. The van der Waals surface area contributed by atoms with E-state index in [4.69, 9.17) is 5.73 Å². The molecule has 0 heterocycles. The van der Waals surface area contributed by atoms with E-state index in [0.717, 1.165) is 12.1 Å². The summed E-state index contributed by atoms with van der Waals surface area (Å²) in [5.41, 5.74) is 6.12. The number of carbonyl (C=O) groups excluding carboxylic acids is 1. The summed E-state index contributed by atoms with van der Waals surface area (Å²) in [6.07, 6.45) is 1.40. The van der Waals surface area contributed by atoms with E-state index in [2.05, 4.69) is 5.32 Å². The van der Waals surface area contributed by atoms with Crippen molar-refractivity contribution in [3.05, 3.63) is 35.4 Å². The van der Waals surface area contributed by atoms with E-state index in [1.807, 2.05) is 0 Å². The highest BCUT2D eigenvalue weighted by Gasteiger charge is 2.31. The average Bonchev–Trinajstić information content (AvgIpc) is 2.26. The molecule has 1 aliphatic carbocycles. The molecule has 0 atom stereocenters. The zero-order valence-electron chi connectivity index (χ0n) is 9.25. The third kappa shape index (κ3) is 2.79. The molecule has 1 saturated carbocycles. The summed E-state index contributed by atoms with van der Waals surface area (Å²) in [4.78, 5) is 11.6. The third-order valence-corrected chi connectivity index (χ3v) is 3.00. The average molecular weight is 240 g/mol. The van der Waals surface area contributed by atoms with Gasteiger partial charge in [-0.15, -0.1) is 0 Å². The summed E-state index contributed by atoms with van der Waals surface area (Å²) in [5, 5.41) is 2.68. The molecule has 3 nitrogen and oxygen atoms in total. The van der Waals surface area contributed by atoms with Crippen LogP contribution in [0.5, 0.6) is 0 Å². The number of amides is 1. The van der Waals surface area contributed by atoms with Crippen LogP contribution < -0.4 is 11.1 Å². The molecule has 0 aromatic heterocycles. The molecule has 92 valence electrons. The maximum atomic E-state index is 12.9. The predicted molar refractivity (Wildman–Crippen MR) is 58.9 cm³/mol. The van der Waals surface area contributed by atoms with Crippen LogP contribution in [0.3, 0.4) is 0 Å². The van der Waals surface area contributed by atoms with Crippen LogP contribution in [0, 0.1) is 17.6 Å². The minimum absolute atomic E-state index is 0.0321. The van der Waals surface area contributed by atoms with Gasteiger partial charge >= 0.3 is 0 Å². The smallest absolute Gasteiger partial charge is 0.223 e. The molecule has 1 aromatic carbocycles. The highest BCUT2D eigenvalue weighted by atomic mass is 19.2. The SMILES string of the molecule is NC1CC(C(=O)NCc2ccc(F)c(F)c2)C1. The first-order valence-electron chi connectivity index (χ1n) is 5.53. The molecule has 3 N–H and O–H groups in total. The molecule has 0 spiro atoms. The van der Waals surface area contributed by atoms with Crippen molar-refractivity contribution in [2.75, 3.05) is 0 Å². The molecule has 1 aliphatic rings. The largest absolute Gasteiger partial charge is 0.352 e. The number of nitrogens with one attached hydrogen (secondary N) is 1. The fourth-order valence-corrected chi connectivity index (χ4v) is 1.86. The van der Waals surface area contributed by atoms with Crippen molar-refractivity contribution in [2.45, 2.75) is 25.4 Å². The maximum Gasteiger partial charge on any atom is 0.223 e. The zero-order chi connectivity index (χ0) is 12.4. The van der Waals surface area contributed by atoms with Gasteiger partial charge < -0.3 is 11.1 Å². The summed E-state index contributed by atoms with van der Waals surface area (Å²) in [5.74, 6) is -1.89. The molecule has 0 radical (unpaired) electrons. The van der Waals surface area contributed by atoms with E-state index >= 15 is 0 Å². The lowest BCUT2D eigenvalue weighted by Crippen LogP contribution is -2.44. The number of benzene rings is 1. The number of nitrogens with two attached hydrogens (primary N) is 1. The Kier molecular flexibility index (Phi) is 3.38. The number of carbonyl (C=O) groups is 1. The number of halogens is 2. The van der Waals surface area contributed by atoms with E-state index in [1.165, 1.54) is 6.07 Å². The van der Waals surface area contributed by atoms with Crippen molar-refractivity contribution in [1.82, 2.24) is 5.32 Å². The van der Waals surface area contributed by atoms with Gasteiger partial charge in [-0.05, 0) is 30.5 Å². The molecule has 5 heteroatoms.